The van der Waals surface area contributed by atoms with Gasteiger partial charge in [0.05, 0.1) is 19.0 Å². The highest BCUT2D eigenvalue weighted by Crippen LogP contribution is 2.28. The van der Waals surface area contributed by atoms with Crippen LogP contribution in [0.1, 0.15) is 96.1 Å². The first-order valence-electron chi connectivity index (χ1n) is 16.0. The summed E-state index contributed by atoms with van der Waals surface area (Å²) in [5.41, 5.74) is 0.309. The third kappa shape index (κ3) is 9.55. The second-order valence-corrected chi connectivity index (χ2v) is 13.3. The molecule has 3 aliphatic rings. The van der Waals surface area contributed by atoms with E-state index in [1.165, 1.54) is 15.9 Å². The highest BCUT2D eigenvalue weighted by atomic mass is 19.1. The molecule has 14 heteroatoms. The van der Waals surface area contributed by atoms with Crippen molar-refractivity contribution in [2.24, 2.45) is 0 Å². The number of nitrogens with one attached hydrogen (secondary N) is 2. The summed E-state index contributed by atoms with van der Waals surface area (Å²) in [6.07, 6.45) is 4.27. The van der Waals surface area contributed by atoms with Gasteiger partial charge in [0.2, 0.25) is 11.8 Å². The normalized spacial score (nSPS) is 25.2. The summed E-state index contributed by atoms with van der Waals surface area (Å²) >= 11 is 0. The molecule has 2 saturated heterocycles. The van der Waals surface area contributed by atoms with Crippen LogP contribution in [0, 0.1) is 5.82 Å². The van der Waals surface area contributed by atoms with E-state index in [4.69, 9.17) is 9.47 Å². The Labute approximate surface area is 264 Å². The lowest BCUT2D eigenvalue weighted by Gasteiger charge is -2.30. The standard InChI is InChI=1S/C31H46BFN4O8/c1-31(2,3)45-29(40)34-24-14-9-7-5-4-6-8-10-15-26(32(42)43)35-27(38)25-16-21(18-37(25)28(24)39)44-30(41)36-17-20-12-11-13-23(33)22(20)19-36/h11-13,21,24-26,42-43H,4-10,14-19H2,1-3H3,(H,34,40)(H,35,38)/t21-,24+,25+,26-/m1/s1. The van der Waals surface area contributed by atoms with E-state index in [1.807, 2.05) is 0 Å². The zero-order valence-corrected chi connectivity index (χ0v) is 26.4. The minimum absolute atomic E-state index is 0.0358. The molecule has 0 unspecified atom stereocenters. The molecule has 12 nitrogen and oxygen atoms in total. The zero-order chi connectivity index (χ0) is 32.7. The third-order valence-corrected chi connectivity index (χ3v) is 8.48. The molecule has 248 valence electrons. The quantitative estimate of drug-likeness (QED) is 0.370. The van der Waals surface area contributed by atoms with Crippen LogP contribution in [0.25, 0.3) is 0 Å². The number of hydrogen-bond donors (Lipinski definition) is 4. The third-order valence-electron chi connectivity index (χ3n) is 8.48. The molecule has 0 radical (unpaired) electrons. The fourth-order valence-electron chi connectivity index (χ4n) is 6.18. The largest absolute Gasteiger partial charge is 0.475 e. The number of rotatable bonds is 3. The predicted molar refractivity (Wildman–Crippen MR) is 163 cm³/mol. The Morgan fingerprint density at radius 1 is 1.02 bits per heavy atom. The van der Waals surface area contributed by atoms with Gasteiger partial charge in [0, 0.05) is 18.5 Å². The van der Waals surface area contributed by atoms with Crippen molar-refractivity contribution in [1.82, 2.24) is 20.4 Å². The number of amides is 4. The Balaban J connectivity index is 1.54. The molecule has 0 spiro atoms. The minimum Gasteiger partial charge on any atom is -0.444 e. The van der Waals surface area contributed by atoms with E-state index in [0.717, 1.165) is 32.1 Å². The fourth-order valence-corrected chi connectivity index (χ4v) is 6.18. The van der Waals surface area contributed by atoms with Crippen LogP contribution in [-0.2, 0) is 32.2 Å². The van der Waals surface area contributed by atoms with E-state index in [-0.39, 0.29) is 26.1 Å². The van der Waals surface area contributed by atoms with Crippen molar-refractivity contribution in [2.75, 3.05) is 6.54 Å². The maximum atomic E-state index is 14.3. The van der Waals surface area contributed by atoms with E-state index in [1.54, 1.807) is 32.9 Å². The van der Waals surface area contributed by atoms with E-state index in [2.05, 4.69) is 10.6 Å². The Kier molecular flexibility index (Phi) is 11.7. The highest BCUT2D eigenvalue weighted by Gasteiger charge is 2.45. The van der Waals surface area contributed by atoms with Crippen molar-refractivity contribution in [3.63, 3.8) is 0 Å². The maximum absolute atomic E-state index is 14.3. The van der Waals surface area contributed by atoms with Crippen LogP contribution < -0.4 is 10.6 Å². The van der Waals surface area contributed by atoms with Gasteiger partial charge in [-0.2, -0.15) is 0 Å². The van der Waals surface area contributed by atoms with Crippen LogP contribution in [-0.4, -0.2) is 87.2 Å². The van der Waals surface area contributed by atoms with Crippen LogP contribution in [0.15, 0.2) is 18.2 Å². The number of nitrogens with zero attached hydrogens (tertiary/aromatic N) is 2. The smallest absolute Gasteiger partial charge is 0.444 e. The molecule has 0 aliphatic carbocycles. The molecule has 4 atom stereocenters. The molecule has 0 aromatic heterocycles. The van der Waals surface area contributed by atoms with Gasteiger partial charge in [0.15, 0.2) is 0 Å². The average Bonchev–Trinajstić information content (AvgIpc) is 3.58. The van der Waals surface area contributed by atoms with E-state index >= 15 is 0 Å². The number of carbonyl (C=O) groups excluding carboxylic acids is 4. The number of halogens is 1. The second-order valence-electron chi connectivity index (χ2n) is 13.3. The Morgan fingerprint density at radius 3 is 2.33 bits per heavy atom. The minimum atomic E-state index is -1.80. The number of hydrogen-bond acceptors (Lipinski definition) is 8. The van der Waals surface area contributed by atoms with Crippen molar-refractivity contribution >= 4 is 31.1 Å². The molecule has 45 heavy (non-hydrogen) atoms. The van der Waals surface area contributed by atoms with E-state index in [0.29, 0.717) is 36.8 Å². The lowest BCUT2D eigenvalue weighted by molar-refractivity contribution is -0.140. The SMILES string of the molecule is CC(C)(C)OC(=O)N[C@H]1CCCCCCCCC[C@H](B(O)O)NC(=O)[C@@H]2C[C@@H](OC(=O)N3Cc4cccc(F)c4C3)CN2C1=O. The van der Waals surface area contributed by atoms with E-state index < -0.39 is 66.7 Å². The van der Waals surface area contributed by atoms with Crippen molar-refractivity contribution in [2.45, 2.75) is 128 Å². The van der Waals surface area contributed by atoms with Gasteiger partial charge in [0.25, 0.3) is 0 Å². The van der Waals surface area contributed by atoms with Gasteiger partial charge in [-0.25, -0.2) is 14.0 Å². The van der Waals surface area contributed by atoms with Gasteiger partial charge in [-0.1, -0.05) is 57.1 Å². The van der Waals surface area contributed by atoms with Gasteiger partial charge >= 0.3 is 19.3 Å². The molecule has 3 heterocycles. The Bertz CT molecular complexity index is 1230. The summed E-state index contributed by atoms with van der Waals surface area (Å²) in [4.78, 5) is 56.2. The second kappa shape index (κ2) is 15.3. The first-order valence-corrected chi connectivity index (χ1v) is 16.0. The van der Waals surface area contributed by atoms with Crippen LogP contribution in [0.2, 0.25) is 0 Å². The molecule has 4 amide bonds. The number of carbonyl (C=O) groups is 4. The van der Waals surface area contributed by atoms with Crippen molar-refractivity contribution < 1.29 is 43.1 Å². The fraction of sp³-hybridized carbons (Fsp3) is 0.677. The average molecular weight is 633 g/mol. The number of ether oxygens (including phenoxy) is 2. The Morgan fingerprint density at radius 2 is 1.69 bits per heavy atom. The number of alkyl carbamates (subject to hydrolysis) is 1. The number of fused-ring (bicyclic) bond motifs is 2. The first-order chi connectivity index (χ1) is 21.3. The molecule has 4 rings (SSSR count). The summed E-state index contributed by atoms with van der Waals surface area (Å²) in [5, 5.41) is 25.4. The zero-order valence-electron chi connectivity index (χ0n) is 26.4. The molecule has 0 bridgehead atoms. The molecule has 1 aromatic rings. The maximum Gasteiger partial charge on any atom is 0.475 e. The van der Waals surface area contributed by atoms with Crippen LogP contribution in [0.3, 0.4) is 0 Å². The van der Waals surface area contributed by atoms with Crippen molar-refractivity contribution in [3.8, 4) is 0 Å². The molecule has 4 N–H and O–H groups in total. The summed E-state index contributed by atoms with van der Waals surface area (Å²) in [7, 11) is -1.80. The summed E-state index contributed by atoms with van der Waals surface area (Å²) < 4.78 is 25.4. The number of benzene rings is 1. The summed E-state index contributed by atoms with van der Waals surface area (Å²) in [5.74, 6) is -2.49. The summed E-state index contributed by atoms with van der Waals surface area (Å²) in [6, 6.07) is 2.57. The van der Waals surface area contributed by atoms with E-state index in [9.17, 15) is 33.6 Å². The summed E-state index contributed by atoms with van der Waals surface area (Å²) in [6.45, 7) is 5.24. The van der Waals surface area contributed by atoms with Gasteiger partial charge < -0.3 is 35.1 Å². The molecule has 2 fully saturated rings. The molecule has 1 aromatic carbocycles. The molecular formula is C31H46BFN4O8. The van der Waals surface area contributed by atoms with Crippen LogP contribution >= 0.6 is 0 Å². The first kappa shape index (κ1) is 34.5. The highest BCUT2D eigenvalue weighted by molar-refractivity contribution is 6.43. The topological polar surface area (TPSA) is 158 Å². The van der Waals surface area contributed by atoms with Crippen molar-refractivity contribution in [3.05, 3.63) is 35.1 Å². The van der Waals surface area contributed by atoms with Crippen LogP contribution in [0.5, 0.6) is 0 Å². The molecule has 0 saturated carbocycles. The van der Waals surface area contributed by atoms with Crippen molar-refractivity contribution in [1.29, 1.82) is 0 Å². The van der Waals surface area contributed by atoms with Gasteiger partial charge in [-0.3, -0.25) is 14.5 Å². The monoisotopic (exact) mass is 632 g/mol. The van der Waals surface area contributed by atoms with Gasteiger partial charge in [-0.15, -0.1) is 0 Å². The lowest BCUT2D eigenvalue weighted by Crippen LogP contribution is -2.56. The predicted octanol–water partition coefficient (Wildman–Crippen LogP) is 3.16. The lowest BCUT2D eigenvalue weighted by atomic mass is 9.76. The Hall–Kier alpha value is -3.39. The van der Waals surface area contributed by atoms with Gasteiger partial charge in [-0.05, 0) is 45.2 Å². The van der Waals surface area contributed by atoms with Crippen LogP contribution in [0.4, 0.5) is 14.0 Å². The molecular weight excluding hydrogens is 586 g/mol. The molecule has 3 aliphatic heterocycles. The van der Waals surface area contributed by atoms with Gasteiger partial charge in [0.1, 0.15) is 29.6 Å².